The lowest BCUT2D eigenvalue weighted by Gasteiger charge is -2.25. The van der Waals surface area contributed by atoms with Gasteiger partial charge in [0.15, 0.2) is 5.56 Å². The van der Waals surface area contributed by atoms with Gasteiger partial charge in [-0.15, -0.1) is 5.11 Å². The summed E-state index contributed by atoms with van der Waals surface area (Å²) in [4.78, 5) is 34.3. The van der Waals surface area contributed by atoms with Crippen molar-refractivity contribution in [3.63, 3.8) is 0 Å². The molecule has 0 heterocycles. The van der Waals surface area contributed by atoms with Crippen LogP contribution in [-0.4, -0.2) is 43.2 Å². The van der Waals surface area contributed by atoms with Crippen LogP contribution in [0.3, 0.4) is 0 Å². The van der Waals surface area contributed by atoms with E-state index < -0.39 is 16.9 Å². The molecule has 0 amide bonds. The highest BCUT2D eigenvalue weighted by atomic mass is 35.5. The van der Waals surface area contributed by atoms with Gasteiger partial charge in [-0.2, -0.15) is 10.4 Å². The van der Waals surface area contributed by atoms with Crippen LogP contribution >= 0.6 is 11.6 Å². The van der Waals surface area contributed by atoms with E-state index in [2.05, 4.69) is 10.2 Å². The van der Waals surface area contributed by atoms with E-state index in [1.54, 1.807) is 23.1 Å². The molecule has 0 aliphatic heterocycles. The number of rotatable bonds is 10. The van der Waals surface area contributed by atoms with Crippen molar-refractivity contribution in [2.75, 3.05) is 31.2 Å². The molecule has 0 aliphatic carbocycles. The first-order valence-corrected chi connectivity index (χ1v) is 10.0. The van der Waals surface area contributed by atoms with E-state index in [0.717, 1.165) is 0 Å². The van der Waals surface area contributed by atoms with Crippen LogP contribution in [0.1, 0.15) is 19.4 Å². The van der Waals surface area contributed by atoms with Crippen molar-refractivity contribution in [2.24, 2.45) is 10.2 Å². The Morgan fingerprint density at radius 3 is 2.27 bits per heavy atom. The lowest BCUT2D eigenvalue weighted by molar-refractivity contribution is -0.385. The number of nitriles is 1. The Kier molecular flexibility index (Phi) is 9.26. The van der Waals surface area contributed by atoms with Gasteiger partial charge in [-0.1, -0.05) is 17.7 Å². The van der Waals surface area contributed by atoms with Crippen molar-refractivity contribution in [1.82, 2.24) is 0 Å². The third-order valence-corrected chi connectivity index (χ3v) is 4.51. The molecule has 0 saturated carbocycles. The first-order valence-electron chi connectivity index (χ1n) is 9.63. The summed E-state index contributed by atoms with van der Waals surface area (Å²) in [5, 5.41) is 28.6. The van der Waals surface area contributed by atoms with Crippen LogP contribution in [0.4, 0.5) is 22.7 Å². The van der Waals surface area contributed by atoms with E-state index >= 15 is 0 Å². The van der Waals surface area contributed by atoms with Crippen molar-refractivity contribution in [3.8, 4) is 6.07 Å². The molecule has 12 heteroatoms. The molecule has 0 radical (unpaired) electrons. The maximum Gasteiger partial charge on any atom is 0.302 e. The Morgan fingerprint density at radius 1 is 1.12 bits per heavy atom. The summed E-state index contributed by atoms with van der Waals surface area (Å²) in [5.41, 5.74) is 0.424. The molecular formula is C21H20ClN5O6. The van der Waals surface area contributed by atoms with Gasteiger partial charge in [-0.3, -0.25) is 19.7 Å². The van der Waals surface area contributed by atoms with Crippen molar-refractivity contribution < 1.29 is 24.0 Å². The van der Waals surface area contributed by atoms with Crippen molar-refractivity contribution >= 4 is 46.3 Å². The molecule has 0 aliphatic rings. The molecule has 0 saturated heterocycles. The Balaban J connectivity index is 2.24. The van der Waals surface area contributed by atoms with E-state index in [9.17, 15) is 25.0 Å². The number of carbonyl (C=O) groups excluding carboxylic acids is 2. The fraction of sp³-hybridized carbons (Fsp3) is 0.286. The molecule has 11 nitrogen and oxygen atoms in total. The predicted octanol–water partition coefficient (Wildman–Crippen LogP) is 4.47. The number of nitro benzene ring substituents is 1. The molecule has 0 aromatic heterocycles. The van der Waals surface area contributed by atoms with Crippen LogP contribution in [0.15, 0.2) is 46.6 Å². The third kappa shape index (κ3) is 7.55. The molecule has 0 bridgehead atoms. The second kappa shape index (κ2) is 12.1. The van der Waals surface area contributed by atoms with Crippen LogP contribution in [0.5, 0.6) is 0 Å². The third-order valence-electron chi connectivity index (χ3n) is 4.21. The number of nitro groups is 1. The predicted molar refractivity (Wildman–Crippen MR) is 119 cm³/mol. The quantitative estimate of drug-likeness (QED) is 0.212. The molecule has 172 valence electrons. The topological polar surface area (TPSA) is 147 Å². The number of carbonyl (C=O) groups is 2. The van der Waals surface area contributed by atoms with Crippen LogP contribution in [-0.2, 0) is 19.1 Å². The fourth-order valence-electron chi connectivity index (χ4n) is 2.76. The smallest absolute Gasteiger partial charge is 0.302 e. The molecule has 0 N–H and O–H groups in total. The van der Waals surface area contributed by atoms with Gasteiger partial charge in [0, 0.05) is 19.9 Å². The summed E-state index contributed by atoms with van der Waals surface area (Å²) < 4.78 is 9.96. The molecule has 2 aromatic carbocycles. The molecule has 0 fully saturated rings. The minimum Gasteiger partial charge on any atom is -0.464 e. The second-order valence-electron chi connectivity index (χ2n) is 6.54. The van der Waals surface area contributed by atoms with Gasteiger partial charge in [-0.05, 0) is 24.3 Å². The summed E-state index contributed by atoms with van der Waals surface area (Å²) in [6.07, 6.45) is 0. The Hall–Kier alpha value is -4.04. The van der Waals surface area contributed by atoms with Gasteiger partial charge in [0.2, 0.25) is 0 Å². The van der Waals surface area contributed by atoms with Gasteiger partial charge in [0.25, 0.3) is 5.69 Å². The minimum atomic E-state index is -0.663. The number of anilines is 1. The van der Waals surface area contributed by atoms with Gasteiger partial charge >= 0.3 is 11.9 Å². The average molecular weight is 474 g/mol. The number of azo groups is 1. The molecule has 2 rings (SSSR count). The standard InChI is InChI=1S/C21H20ClN5O6/c1-14(28)32-10-8-26(9-11-33-15(2)29)21-7-6-16(12-18(21)22)24-25-19-4-3-5-20(27(30)31)17(19)13-23/h3-7,12H,8-11H2,1-2H3. The highest BCUT2D eigenvalue weighted by molar-refractivity contribution is 6.33. The zero-order valence-electron chi connectivity index (χ0n) is 17.9. The number of hydrogen-bond acceptors (Lipinski definition) is 10. The maximum atomic E-state index is 11.1. The highest BCUT2D eigenvalue weighted by Gasteiger charge is 2.17. The van der Waals surface area contributed by atoms with Crippen molar-refractivity contribution in [1.29, 1.82) is 5.26 Å². The number of halogens is 1. The number of esters is 2. The number of benzene rings is 2. The number of ether oxygens (including phenoxy) is 2. The fourth-order valence-corrected chi connectivity index (χ4v) is 3.05. The molecular weight excluding hydrogens is 454 g/mol. The first kappa shape index (κ1) is 25.2. The van der Waals surface area contributed by atoms with Gasteiger partial charge in [0.1, 0.15) is 25.0 Å². The van der Waals surface area contributed by atoms with Crippen molar-refractivity contribution in [3.05, 3.63) is 57.1 Å². The van der Waals surface area contributed by atoms with E-state index in [0.29, 0.717) is 29.5 Å². The highest BCUT2D eigenvalue weighted by Crippen LogP contribution is 2.32. The van der Waals surface area contributed by atoms with Gasteiger partial charge < -0.3 is 14.4 Å². The zero-order chi connectivity index (χ0) is 24.4. The summed E-state index contributed by atoms with van der Waals surface area (Å²) in [5.74, 6) is -0.843. The Bertz CT molecular complexity index is 1090. The lowest BCUT2D eigenvalue weighted by Crippen LogP contribution is -2.32. The molecule has 0 atom stereocenters. The largest absolute Gasteiger partial charge is 0.464 e. The molecule has 2 aromatic rings. The zero-order valence-corrected chi connectivity index (χ0v) is 18.6. The maximum absolute atomic E-state index is 11.1. The Labute approximate surface area is 194 Å². The van der Waals surface area contributed by atoms with E-state index in [1.165, 1.54) is 38.1 Å². The molecule has 0 unspecified atom stereocenters. The summed E-state index contributed by atoms with van der Waals surface area (Å²) in [6.45, 7) is 3.43. The van der Waals surface area contributed by atoms with Crippen molar-refractivity contribution in [2.45, 2.75) is 13.8 Å². The SMILES string of the molecule is CC(=O)OCCN(CCOC(C)=O)c1ccc(N=Nc2cccc([N+](=O)[O-])c2C#N)cc1Cl. The van der Waals surface area contributed by atoms with Crippen LogP contribution < -0.4 is 4.90 Å². The average Bonchev–Trinajstić information content (AvgIpc) is 2.76. The van der Waals surface area contributed by atoms with E-state index in [-0.39, 0.29) is 30.2 Å². The summed E-state index contributed by atoms with van der Waals surface area (Å²) in [6, 6.07) is 10.6. The van der Waals surface area contributed by atoms with E-state index in [1.807, 2.05) is 0 Å². The minimum absolute atomic E-state index is 0.0521. The molecule has 0 spiro atoms. The van der Waals surface area contributed by atoms with Gasteiger partial charge in [-0.25, -0.2) is 0 Å². The lowest BCUT2D eigenvalue weighted by atomic mass is 10.1. The van der Waals surface area contributed by atoms with Crippen LogP contribution in [0.25, 0.3) is 0 Å². The van der Waals surface area contributed by atoms with Crippen LogP contribution in [0.2, 0.25) is 5.02 Å². The normalized spacial score (nSPS) is 10.5. The Morgan fingerprint density at radius 2 is 1.76 bits per heavy atom. The number of nitrogens with zero attached hydrogens (tertiary/aromatic N) is 5. The molecule has 33 heavy (non-hydrogen) atoms. The van der Waals surface area contributed by atoms with Crippen LogP contribution in [0, 0.1) is 21.4 Å². The second-order valence-corrected chi connectivity index (χ2v) is 6.95. The number of hydrogen-bond donors (Lipinski definition) is 0. The summed E-state index contributed by atoms with van der Waals surface area (Å²) >= 11 is 6.41. The first-order chi connectivity index (χ1) is 15.7. The van der Waals surface area contributed by atoms with Gasteiger partial charge in [0.05, 0.1) is 34.4 Å². The van der Waals surface area contributed by atoms with E-state index in [4.69, 9.17) is 21.1 Å². The monoisotopic (exact) mass is 473 g/mol. The summed E-state index contributed by atoms with van der Waals surface area (Å²) in [7, 11) is 0.